The van der Waals surface area contributed by atoms with E-state index in [0.29, 0.717) is 29.4 Å². The number of nitrogens with one attached hydrogen (secondary N) is 1. The van der Waals surface area contributed by atoms with E-state index in [0.717, 1.165) is 6.42 Å². The number of carbonyl (C=O) groups excluding carboxylic acids is 1. The second-order valence-corrected chi connectivity index (χ2v) is 6.36. The highest BCUT2D eigenvalue weighted by Gasteiger charge is 2.22. The number of carbonyl (C=O) groups is 2. The number of carboxylic acid groups (broad SMARTS) is 1. The molecule has 7 heteroatoms. The highest BCUT2D eigenvalue weighted by molar-refractivity contribution is 5.88. The van der Waals surface area contributed by atoms with Gasteiger partial charge in [-0.05, 0) is 38.0 Å². The third-order valence-electron chi connectivity index (χ3n) is 4.49. The Morgan fingerprint density at radius 3 is 2.54 bits per heavy atom. The van der Waals surface area contributed by atoms with Crippen molar-refractivity contribution in [1.29, 1.82) is 0 Å². The molecule has 1 amide bonds. The van der Waals surface area contributed by atoms with Crippen molar-refractivity contribution in [2.75, 3.05) is 0 Å². The average molecular weight is 361 g/mol. The normalized spacial score (nSPS) is 12.1. The highest BCUT2D eigenvalue weighted by Crippen LogP contribution is 2.28. The number of hydrogen-bond donors (Lipinski definition) is 3. The Kier molecular flexibility index (Phi) is 6.02. The van der Waals surface area contributed by atoms with Crippen LogP contribution in [0.2, 0.25) is 0 Å². The van der Waals surface area contributed by atoms with E-state index in [9.17, 15) is 24.6 Å². The van der Waals surface area contributed by atoms with Gasteiger partial charge in [0.2, 0.25) is 5.91 Å². The monoisotopic (exact) mass is 361 g/mol. The smallest absolute Gasteiger partial charge is 0.340 e. The lowest BCUT2D eigenvalue weighted by molar-refractivity contribution is -0.142. The third kappa shape index (κ3) is 4.04. The summed E-state index contributed by atoms with van der Waals surface area (Å²) in [6.07, 6.45) is 1.57. The van der Waals surface area contributed by atoms with Crippen LogP contribution in [0.15, 0.2) is 21.3 Å². The van der Waals surface area contributed by atoms with Crippen molar-refractivity contribution in [1.82, 2.24) is 5.32 Å². The highest BCUT2D eigenvalue weighted by atomic mass is 16.4. The lowest BCUT2D eigenvalue weighted by Gasteiger charge is -2.15. The van der Waals surface area contributed by atoms with Crippen LogP contribution >= 0.6 is 0 Å². The molecule has 2 aromatic rings. The molecule has 0 aliphatic heterocycles. The maximum Gasteiger partial charge on any atom is 0.340 e. The van der Waals surface area contributed by atoms with E-state index in [1.807, 2.05) is 6.92 Å². The van der Waals surface area contributed by atoms with E-state index >= 15 is 0 Å². The van der Waals surface area contributed by atoms with Crippen LogP contribution in [0, 0.1) is 13.8 Å². The van der Waals surface area contributed by atoms with Gasteiger partial charge in [0.05, 0.1) is 12.0 Å². The summed E-state index contributed by atoms with van der Waals surface area (Å²) in [6, 6.07) is 2.15. The SMILES string of the molecule is CCCC[C@@H](NC(=O)Cc1c(C)c2ccc(O)c(C)c2oc1=O)C(=O)O. The Balaban J connectivity index is 2.30. The van der Waals surface area contributed by atoms with Gasteiger partial charge in [0.25, 0.3) is 0 Å². The summed E-state index contributed by atoms with van der Waals surface area (Å²) in [7, 11) is 0. The van der Waals surface area contributed by atoms with E-state index in [1.165, 1.54) is 6.07 Å². The minimum absolute atomic E-state index is 0.0192. The van der Waals surface area contributed by atoms with Crippen molar-refractivity contribution in [3.63, 3.8) is 0 Å². The molecule has 0 unspecified atom stereocenters. The fraction of sp³-hybridized carbons (Fsp3) is 0.421. The zero-order chi connectivity index (χ0) is 19.4. The van der Waals surface area contributed by atoms with Gasteiger partial charge in [-0.25, -0.2) is 9.59 Å². The van der Waals surface area contributed by atoms with Crippen molar-refractivity contribution >= 4 is 22.8 Å². The minimum Gasteiger partial charge on any atom is -0.508 e. The predicted octanol–water partition coefficient (Wildman–Crippen LogP) is 2.42. The van der Waals surface area contributed by atoms with Gasteiger partial charge in [0, 0.05) is 10.9 Å². The quantitative estimate of drug-likeness (QED) is 0.652. The molecule has 26 heavy (non-hydrogen) atoms. The first-order valence-corrected chi connectivity index (χ1v) is 8.53. The summed E-state index contributed by atoms with van der Waals surface area (Å²) in [5.74, 6) is -1.62. The summed E-state index contributed by atoms with van der Waals surface area (Å²) < 4.78 is 5.29. The maximum absolute atomic E-state index is 12.3. The second-order valence-electron chi connectivity index (χ2n) is 6.36. The first-order chi connectivity index (χ1) is 12.3. The number of carboxylic acids is 1. The van der Waals surface area contributed by atoms with Gasteiger partial charge in [-0.1, -0.05) is 19.8 Å². The van der Waals surface area contributed by atoms with Crippen molar-refractivity contribution < 1.29 is 24.2 Å². The topological polar surface area (TPSA) is 117 Å². The van der Waals surface area contributed by atoms with E-state index in [-0.39, 0.29) is 23.3 Å². The largest absolute Gasteiger partial charge is 0.508 e. The molecule has 0 spiro atoms. The molecular formula is C19H23NO6. The van der Waals surface area contributed by atoms with Crippen molar-refractivity contribution in [3.05, 3.63) is 39.2 Å². The van der Waals surface area contributed by atoms with E-state index in [2.05, 4.69) is 5.32 Å². The molecular weight excluding hydrogens is 338 g/mol. The first kappa shape index (κ1) is 19.5. The number of rotatable bonds is 7. The van der Waals surface area contributed by atoms with Crippen molar-refractivity contribution in [3.8, 4) is 5.75 Å². The van der Waals surface area contributed by atoms with Crippen molar-refractivity contribution in [2.45, 2.75) is 52.5 Å². The molecule has 2 rings (SSSR count). The van der Waals surface area contributed by atoms with Gasteiger partial charge in [0.15, 0.2) is 0 Å². The predicted molar refractivity (Wildman–Crippen MR) is 96.4 cm³/mol. The van der Waals surface area contributed by atoms with Crippen LogP contribution in [0.1, 0.15) is 42.9 Å². The van der Waals surface area contributed by atoms with Gasteiger partial charge >= 0.3 is 11.6 Å². The molecule has 3 N–H and O–H groups in total. The van der Waals surface area contributed by atoms with Gasteiger partial charge in [-0.15, -0.1) is 0 Å². The Morgan fingerprint density at radius 1 is 1.23 bits per heavy atom. The zero-order valence-electron chi connectivity index (χ0n) is 15.1. The molecule has 1 atom stereocenters. The van der Waals surface area contributed by atoms with Gasteiger partial charge in [-0.3, -0.25) is 4.79 Å². The van der Waals surface area contributed by atoms with E-state index in [1.54, 1.807) is 19.9 Å². The molecule has 0 bridgehead atoms. The molecule has 0 aliphatic carbocycles. The fourth-order valence-electron chi connectivity index (χ4n) is 2.85. The van der Waals surface area contributed by atoms with Crippen LogP contribution in [-0.2, 0) is 16.0 Å². The number of aryl methyl sites for hydroxylation is 2. The lowest BCUT2D eigenvalue weighted by atomic mass is 10.0. The number of hydrogen-bond acceptors (Lipinski definition) is 5. The zero-order valence-corrected chi connectivity index (χ0v) is 15.1. The van der Waals surface area contributed by atoms with Gasteiger partial charge in [0.1, 0.15) is 17.4 Å². The van der Waals surface area contributed by atoms with E-state index in [4.69, 9.17) is 4.42 Å². The summed E-state index contributed by atoms with van der Waals surface area (Å²) in [4.78, 5) is 35.8. The minimum atomic E-state index is -1.10. The number of phenols is 1. The molecule has 1 aromatic heterocycles. The van der Waals surface area contributed by atoms with Crippen LogP contribution in [0.5, 0.6) is 5.75 Å². The molecule has 1 aromatic carbocycles. The molecule has 0 saturated carbocycles. The standard InChI is InChI=1S/C19H23NO6/c1-4-5-6-14(18(23)24)20-16(22)9-13-10(2)12-7-8-15(21)11(3)17(12)26-19(13)25/h7-8,14,21H,4-6,9H2,1-3H3,(H,20,22)(H,23,24)/t14-/m1/s1. The lowest BCUT2D eigenvalue weighted by Crippen LogP contribution is -2.42. The van der Waals surface area contributed by atoms with Crippen LogP contribution in [0.25, 0.3) is 11.0 Å². The second kappa shape index (κ2) is 8.03. The number of fused-ring (bicyclic) bond motifs is 1. The Morgan fingerprint density at radius 2 is 1.92 bits per heavy atom. The molecule has 0 aliphatic rings. The number of amides is 1. The molecule has 1 heterocycles. The van der Waals surface area contributed by atoms with Crippen LogP contribution in [-0.4, -0.2) is 28.1 Å². The Bertz CT molecular complexity index is 899. The number of unbranched alkanes of at least 4 members (excludes halogenated alkanes) is 1. The first-order valence-electron chi connectivity index (χ1n) is 8.53. The van der Waals surface area contributed by atoms with E-state index < -0.39 is 23.5 Å². The number of benzene rings is 1. The fourth-order valence-corrected chi connectivity index (χ4v) is 2.85. The third-order valence-corrected chi connectivity index (χ3v) is 4.49. The van der Waals surface area contributed by atoms with Crippen LogP contribution < -0.4 is 10.9 Å². The van der Waals surface area contributed by atoms with Gasteiger partial charge in [-0.2, -0.15) is 0 Å². The summed E-state index contributed by atoms with van der Waals surface area (Å²) in [6.45, 7) is 5.27. The average Bonchev–Trinajstić information content (AvgIpc) is 2.58. The Hall–Kier alpha value is -2.83. The molecule has 7 nitrogen and oxygen atoms in total. The summed E-state index contributed by atoms with van der Waals surface area (Å²) >= 11 is 0. The number of aromatic hydroxyl groups is 1. The van der Waals surface area contributed by atoms with Crippen molar-refractivity contribution in [2.24, 2.45) is 0 Å². The molecule has 0 saturated heterocycles. The summed E-state index contributed by atoms with van der Waals surface area (Å²) in [5, 5.41) is 22.0. The van der Waals surface area contributed by atoms with Crippen LogP contribution in [0.4, 0.5) is 0 Å². The van der Waals surface area contributed by atoms with Crippen LogP contribution in [0.3, 0.4) is 0 Å². The Labute approximate surface area is 150 Å². The number of aliphatic carboxylic acids is 1. The molecule has 0 fully saturated rings. The van der Waals surface area contributed by atoms with Gasteiger partial charge < -0.3 is 19.9 Å². The summed E-state index contributed by atoms with van der Waals surface area (Å²) in [5.41, 5.74) is 0.821. The molecule has 0 radical (unpaired) electrons. The maximum atomic E-state index is 12.3. The number of phenolic OH excluding ortho intramolecular Hbond substituents is 1. The molecule has 140 valence electrons.